The van der Waals surface area contributed by atoms with Gasteiger partial charge in [0, 0.05) is 0 Å². The minimum Gasteiger partial charge on any atom is -1.00 e. The summed E-state index contributed by atoms with van der Waals surface area (Å²) in [4.78, 5) is 0. The maximum absolute atomic E-state index is 7.34. The summed E-state index contributed by atoms with van der Waals surface area (Å²) < 4.78 is 15.8. The number of benzene rings is 2. The zero-order valence-electron chi connectivity index (χ0n) is 35.2. The number of rotatable bonds is 15. The molecule has 0 fully saturated rings. The van der Waals surface area contributed by atoms with Crippen LogP contribution in [-0.4, -0.2) is 24.0 Å². The Morgan fingerprint density at radius 3 is 1.26 bits per heavy atom. The van der Waals surface area contributed by atoms with E-state index in [1.54, 1.807) is 32.7 Å². The third kappa shape index (κ3) is 9.36. The first-order chi connectivity index (χ1) is 24.9. The monoisotopic (exact) mass is 897 g/mol. The molecule has 0 spiro atoms. The molecule has 0 amide bonds. The van der Waals surface area contributed by atoms with Gasteiger partial charge in [-0.25, -0.2) is 0 Å². The van der Waals surface area contributed by atoms with Crippen molar-refractivity contribution in [3.63, 3.8) is 0 Å². The molecule has 295 valence electrons. The molecule has 0 radical (unpaired) electrons. The van der Waals surface area contributed by atoms with Crippen LogP contribution in [0.5, 0.6) is 0 Å². The molecule has 0 saturated heterocycles. The SMILES string of the molecule is CCCC(C)(C)C1=C(O[SiH](C)C)C2=C(CCCC2)[CH]1[Zr+2]([CH]1C2=C(CCCC2)C(O[SiH](C)C)=C1C(C)(C)CCC)[SiH](c1ccccc1)c1ccccc1.[Cl-].[Cl-]. The van der Waals surface area contributed by atoms with Crippen LogP contribution in [0.2, 0.25) is 33.4 Å². The van der Waals surface area contributed by atoms with Gasteiger partial charge < -0.3 is 24.8 Å². The van der Waals surface area contributed by atoms with Crippen LogP contribution in [0.4, 0.5) is 0 Å². The summed E-state index contributed by atoms with van der Waals surface area (Å²) in [6, 6.07) is 24.1. The van der Waals surface area contributed by atoms with Gasteiger partial charge in [0.1, 0.15) is 0 Å². The smallest absolute Gasteiger partial charge is 1.00 e. The average molecular weight is 900 g/mol. The minimum absolute atomic E-state index is 0. The van der Waals surface area contributed by atoms with Crippen molar-refractivity contribution >= 4 is 34.4 Å². The fourth-order valence-corrected chi connectivity index (χ4v) is 41.6. The van der Waals surface area contributed by atoms with E-state index in [4.69, 9.17) is 8.85 Å². The van der Waals surface area contributed by atoms with Gasteiger partial charge in [-0.1, -0.05) is 0 Å². The molecule has 2 aromatic rings. The fourth-order valence-electron chi connectivity index (χ4n) is 10.7. The van der Waals surface area contributed by atoms with Crippen molar-refractivity contribution in [3.8, 4) is 0 Å². The normalized spacial score (nSPS) is 20.4. The number of allylic oxidation sites excluding steroid dienone is 6. The molecule has 0 N–H and O–H groups in total. The van der Waals surface area contributed by atoms with Gasteiger partial charge in [0.2, 0.25) is 0 Å². The van der Waals surface area contributed by atoms with Crippen LogP contribution < -0.4 is 35.2 Å². The Morgan fingerprint density at radius 2 is 0.926 bits per heavy atom. The predicted octanol–water partition coefficient (Wildman–Crippen LogP) is 5.66. The molecule has 0 saturated carbocycles. The molecule has 2 unspecified atom stereocenters. The molecule has 4 aliphatic carbocycles. The zero-order chi connectivity index (χ0) is 37.2. The molecule has 0 heterocycles. The molecular weight excluding hydrogens is 831 g/mol. The van der Waals surface area contributed by atoms with E-state index in [1.807, 2.05) is 11.1 Å². The van der Waals surface area contributed by atoms with E-state index < -0.39 is 44.9 Å². The average Bonchev–Trinajstić information content (AvgIpc) is 3.61. The minimum atomic E-state index is -2.81. The number of hydrogen-bond donors (Lipinski definition) is 0. The second kappa shape index (κ2) is 19.7. The molecule has 2 atom stereocenters. The quantitative estimate of drug-likeness (QED) is 0.215. The first kappa shape index (κ1) is 45.8. The van der Waals surface area contributed by atoms with Crippen LogP contribution in [0, 0.1) is 10.8 Å². The standard InChI is InChI=1S/2C17H29OSi.C12H11Si.2ClH.Zr/c2*1-6-11-17(2,3)15-12-13-9-7-8-10-14(13)16(15)18-19(4)5;1-3-7-11(8-4-1)13-12-9-5-2-6-10-12;;;/h2*12,19H,6-11H2,1-5H3;1-10,13H;2*1H;/q;;;;;+2/p-2. The van der Waals surface area contributed by atoms with Crippen molar-refractivity contribution in [3.05, 3.63) is 106 Å². The van der Waals surface area contributed by atoms with Crippen molar-refractivity contribution < 1.29 is 54.6 Å². The van der Waals surface area contributed by atoms with Crippen molar-refractivity contribution in [2.24, 2.45) is 10.8 Å². The van der Waals surface area contributed by atoms with E-state index in [0.29, 0.717) is 7.25 Å². The molecule has 6 rings (SSSR count). The van der Waals surface area contributed by atoms with Gasteiger partial charge in [-0.05, 0) is 0 Å². The summed E-state index contributed by atoms with van der Waals surface area (Å²) in [5.74, 6) is 1.10. The fraction of sp³-hybridized carbons (Fsp3) is 0.565. The van der Waals surface area contributed by atoms with Gasteiger partial charge in [0.25, 0.3) is 0 Å². The largest absolute Gasteiger partial charge is 1.00 e. The van der Waals surface area contributed by atoms with E-state index in [0.717, 1.165) is 0 Å². The van der Waals surface area contributed by atoms with Gasteiger partial charge >= 0.3 is 333 Å². The Hall–Kier alpha value is -0.886. The summed E-state index contributed by atoms with van der Waals surface area (Å²) in [5, 5.41) is 3.36. The number of hydrogen-bond acceptors (Lipinski definition) is 2. The molecule has 2 nitrogen and oxygen atoms in total. The second-order valence-corrected chi connectivity index (χ2v) is 38.5. The topological polar surface area (TPSA) is 18.5 Å². The summed E-state index contributed by atoms with van der Waals surface area (Å²) >= 11 is -2.81. The van der Waals surface area contributed by atoms with Crippen molar-refractivity contribution in [2.75, 3.05) is 0 Å². The van der Waals surface area contributed by atoms with Gasteiger partial charge in [-0.15, -0.1) is 0 Å². The number of halogens is 2. The van der Waals surface area contributed by atoms with Gasteiger partial charge in [0.05, 0.1) is 0 Å². The maximum atomic E-state index is 7.34. The van der Waals surface area contributed by atoms with Crippen molar-refractivity contribution in [2.45, 2.75) is 152 Å². The van der Waals surface area contributed by atoms with Crippen LogP contribution in [0.3, 0.4) is 0 Å². The molecule has 0 bridgehead atoms. The Labute approximate surface area is 354 Å². The van der Waals surface area contributed by atoms with E-state index in [2.05, 4.69) is 128 Å². The molecule has 0 aromatic heterocycles. The van der Waals surface area contributed by atoms with Gasteiger partial charge in [-0.3, -0.25) is 0 Å². The molecular formula is C46H69Cl2O2Si3Zr. The van der Waals surface area contributed by atoms with Gasteiger partial charge in [0.15, 0.2) is 0 Å². The summed E-state index contributed by atoms with van der Waals surface area (Å²) in [5.41, 5.74) is 10.8. The molecule has 8 heteroatoms. The van der Waals surface area contributed by atoms with Crippen LogP contribution in [0.25, 0.3) is 0 Å². The van der Waals surface area contributed by atoms with Crippen molar-refractivity contribution in [1.29, 1.82) is 0 Å². The predicted molar refractivity (Wildman–Crippen MR) is 229 cm³/mol. The molecule has 2 aromatic carbocycles. The first-order valence-corrected chi connectivity index (χ1v) is 35.5. The van der Waals surface area contributed by atoms with E-state index in [9.17, 15) is 0 Å². The summed E-state index contributed by atoms with van der Waals surface area (Å²) in [7, 11) is -2.69. The van der Waals surface area contributed by atoms with Crippen LogP contribution >= 0.6 is 0 Å². The molecule has 54 heavy (non-hydrogen) atoms. The zero-order valence-corrected chi connectivity index (χ0v) is 42.7. The third-order valence-electron chi connectivity index (χ3n) is 12.5. The molecule has 4 aliphatic rings. The second-order valence-electron chi connectivity index (χ2n) is 18.1. The Kier molecular flexibility index (Phi) is 16.7. The maximum Gasteiger partial charge on any atom is -1.00 e. The Bertz CT molecular complexity index is 1570. The van der Waals surface area contributed by atoms with Crippen LogP contribution in [0.15, 0.2) is 106 Å². The van der Waals surface area contributed by atoms with E-state index in [1.165, 1.54) is 88.6 Å². The van der Waals surface area contributed by atoms with Gasteiger partial charge in [-0.2, -0.15) is 0 Å². The first-order valence-electron chi connectivity index (χ1n) is 21.1. The third-order valence-corrected chi connectivity index (χ3v) is 36.9. The Morgan fingerprint density at radius 1 is 0.574 bits per heavy atom. The van der Waals surface area contributed by atoms with Crippen molar-refractivity contribution in [1.82, 2.24) is 0 Å². The molecule has 0 aliphatic heterocycles. The summed E-state index contributed by atoms with van der Waals surface area (Å²) in [6.07, 6.45) is 15.1. The van der Waals surface area contributed by atoms with E-state index in [-0.39, 0.29) is 35.6 Å². The van der Waals surface area contributed by atoms with Crippen LogP contribution in [0.1, 0.15) is 119 Å². The van der Waals surface area contributed by atoms with E-state index >= 15 is 0 Å². The Balaban J connectivity index is 0.00000325. The van der Waals surface area contributed by atoms with Crippen LogP contribution in [-0.2, 0) is 29.8 Å². The summed E-state index contributed by atoms with van der Waals surface area (Å²) in [6.45, 7) is 24.9.